The molecule has 1 rings (SSSR count). The smallest absolute Gasteiger partial charge is 0.0704 e. The zero-order valence-corrected chi connectivity index (χ0v) is 11.0. The number of hydrazone groups is 1. The first-order valence-electron chi connectivity index (χ1n) is 6.57. The monoisotopic (exact) mass is 226 g/mol. The Labute approximate surface area is 99.9 Å². The third-order valence-electron chi connectivity index (χ3n) is 3.15. The van der Waals surface area contributed by atoms with Crippen molar-refractivity contribution in [1.82, 2.24) is 5.01 Å². The Balaban J connectivity index is 2.34. The molecule has 0 saturated carbocycles. The lowest BCUT2D eigenvalue weighted by molar-refractivity contribution is 0.117. The Morgan fingerprint density at radius 2 is 2.25 bits per heavy atom. The molecule has 1 atom stereocenters. The summed E-state index contributed by atoms with van der Waals surface area (Å²) in [5, 5.41) is 6.94. The van der Waals surface area contributed by atoms with Crippen LogP contribution in [0.4, 0.5) is 0 Å². The lowest BCUT2D eigenvalue weighted by Gasteiger charge is -2.21. The quantitative estimate of drug-likeness (QED) is 0.492. The predicted molar refractivity (Wildman–Crippen MR) is 68.9 cm³/mol. The molecule has 0 amide bonds. The van der Waals surface area contributed by atoms with Crippen molar-refractivity contribution < 1.29 is 4.74 Å². The molecule has 3 nitrogen and oxygen atoms in total. The van der Waals surface area contributed by atoms with Gasteiger partial charge in [0.2, 0.25) is 0 Å². The Hall–Kier alpha value is -0.570. The summed E-state index contributed by atoms with van der Waals surface area (Å²) < 4.78 is 5.23. The fourth-order valence-corrected chi connectivity index (χ4v) is 2.21. The van der Waals surface area contributed by atoms with Gasteiger partial charge in [0.25, 0.3) is 0 Å². The highest BCUT2D eigenvalue weighted by Gasteiger charge is 2.22. The van der Waals surface area contributed by atoms with Crippen LogP contribution in [0.5, 0.6) is 0 Å². The summed E-state index contributed by atoms with van der Waals surface area (Å²) in [6, 6.07) is 0.506. The van der Waals surface area contributed by atoms with Crippen molar-refractivity contribution in [3.63, 3.8) is 0 Å². The number of hydrogen-bond acceptors (Lipinski definition) is 3. The van der Waals surface area contributed by atoms with Gasteiger partial charge in [-0.05, 0) is 32.6 Å². The molecule has 3 heteroatoms. The van der Waals surface area contributed by atoms with E-state index in [-0.39, 0.29) is 0 Å². The van der Waals surface area contributed by atoms with E-state index in [0.29, 0.717) is 6.04 Å². The maximum atomic E-state index is 5.23. The summed E-state index contributed by atoms with van der Waals surface area (Å²) in [6.45, 7) is 6.30. The summed E-state index contributed by atoms with van der Waals surface area (Å²) in [7, 11) is 1.77. The second-order valence-electron chi connectivity index (χ2n) is 4.71. The third kappa shape index (κ3) is 4.52. The van der Waals surface area contributed by atoms with Crippen LogP contribution in [0.25, 0.3) is 0 Å². The van der Waals surface area contributed by atoms with Gasteiger partial charge in [-0.15, -0.1) is 0 Å². The molecule has 0 aromatic heterocycles. The van der Waals surface area contributed by atoms with E-state index in [1.165, 1.54) is 37.8 Å². The minimum absolute atomic E-state index is 0.506. The molecule has 1 saturated heterocycles. The van der Waals surface area contributed by atoms with Gasteiger partial charge in [0.05, 0.1) is 12.6 Å². The average Bonchev–Trinajstić information content (AvgIpc) is 2.67. The number of unbranched alkanes of at least 4 members (excludes halogenated alkanes) is 2. The largest absolute Gasteiger partial charge is 0.382 e. The summed E-state index contributed by atoms with van der Waals surface area (Å²) in [6.07, 6.45) is 7.48. The Morgan fingerprint density at radius 3 is 2.94 bits per heavy atom. The van der Waals surface area contributed by atoms with E-state index in [1.54, 1.807) is 7.11 Å². The molecule has 0 N–H and O–H groups in total. The van der Waals surface area contributed by atoms with E-state index in [0.717, 1.165) is 19.6 Å². The van der Waals surface area contributed by atoms with Crippen molar-refractivity contribution in [2.75, 3.05) is 20.3 Å². The highest BCUT2D eigenvalue weighted by molar-refractivity contribution is 5.81. The molecule has 1 aliphatic rings. The summed E-state index contributed by atoms with van der Waals surface area (Å²) >= 11 is 0. The zero-order chi connectivity index (χ0) is 11.8. The average molecular weight is 226 g/mol. The molecular formula is C13H26N2O. The van der Waals surface area contributed by atoms with Crippen molar-refractivity contribution in [3.05, 3.63) is 0 Å². The SMILES string of the molecule is CCCCCC(C)=NN1CCC[C@H]1COC. The van der Waals surface area contributed by atoms with Crippen LogP contribution >= 0.6 is 0 Å². The standard InChI is InChI=1S/C13H26N2O/c1-4-5-6-8-12(2)14-15-10-7-9-13(15)11-16-3/h13H,4-11H2,1-3H3/t13-/m0/s1. The Morgan fingerprint density at radius 1 is 1.44 bits per heavy atom. The maximum absolute atomic E-state index is 5.23. The van der Waals surface area contributed by atoms with Crippen molar-refractivity contribution in [2.45, 2.75) is 58.4 Å². The molecule has 0 aliphatic carbocycles. The van der Waals surface area contributed by atoms with Gasteiger partial charge in [-0.1, -0.05) is 19.8 Å². The van der Waals surface area contributed by atoms with Crippen molar-refractivity contribution in [2.24, 2.45) is 5.10 Å². The van der Waals surface area contributed by atoms with Crippen LogP contribution in [-0.4, -0.2) is 37.0 Å². The van der Waals surface area contributed by atoms with Gasteiger partial charge in [0.15, 0.2) is 0 Å². The van der Waals surface area contributed by atoms with Gasteiger partial charge in [0.1, 0.15) is 0 Å². The predicted octanol–water partition coefficient (Wildman–Crippen LogP) is 3.05. The first kappa shape index (κ1) is 13.5. The first-order valence-corrected chi connectivity index (χ1v) is 6.57. The molecule has 0 spiro atoms. The second-order valence-corrected chi connectivity index (χ2v) is 4.71. The molecule has 0 aromatic rings. The van der Waals surface area contributed by atoms with Gasteiger partial charge < -0.3 is 4.74 Å². The molecule has 0 bridgehead atoms. The van der Waals surface area contributed by atoms with Crippen molar-refractivity contribution in [3.8, 4) is 0 Å². The van der Waals surface area contributed by atoms with E-state index in [1.807, 2.05) is 0 Å². The van der Waals surface area contributed by atoms with Crippen LogP contribution in [0.3, 0.4) is 0 Å². The van der Waals surface area contributed by atoms with Gasteiger partial charge in [-0.25, -0.2) is 0 Å². The van der Waals surface area contributed by atoms with Crippen LogP contribution in [0.2, 0.25) is 0 Å². The van der Waals surface area contributed by atoms with Gasteiger partial charge in [-0.2, -0.15) is 5.10 Å². The summed E-state index contributed by atoms with van der Waals surface area (Å²) in [5.74, 6) is 0. The lowest BCUT2D eigenvalue weighted by Crippen LogP contribution is -2.29. The van der Waals surface area contributed by atoms with Crippen LogP contribution < -0.4 is 0 Å². The van der Waals surface area contributed by atoms with Crippen LogP contribution in [0.1, 0.15) is 52.4 Å². The Bertz CT molecular complexity index is 216. The maximum Gasteiger partial charge on any atom is 0.0704 e. The molecule has 1 aliphatic heterocycles. The van der Waals surface area contributed by atoms with E-state index < -0.39 is 0 Å². The fourth-order valence-electron chi connectivity index (χ4n) is 2.21. The number of ether oxygens (including phenoxy) is 1. The van der Waals surface area contributed by atoms with Crippen LogP contribution in [-0.2, 0) is 4.74 Å². The van der Waals surface area contributed by atoms with E-state index >= 15 is 0 Å². The first-order chi connectivity index (χ1) is 7.77. The van der Waals surface area contributed by atoms with E-state index in [2.05, 4.69) is 18.9 Å². The molecular weight excluding hydrogens is 200 g/mol. The van der Waals surface area contributed by atoms with Crippen LogP contribution in [0, 0.1) is 0 Å². The summed E-state index contributed by atoms with van der Waals surface area (Å²) in [5.41, 5.74) is 1.27. The highest BCUT2D eigenvalue weighted by Crippen LogP contribution is 2.18. The third-order valence-corrected chi connectivity index (χ3v) is 3.15. The highest BCUT2D eigenvalue weighted by atomic mass is 16.5. The number of hydrogen-bond donors (Lipinski definition) is 0. The molecule has 1 fully saturated rings. The van der Waals surface area contributed by atoms with Crippen LogP contribution in [0.15, 0.2) is 5.10 Å². The molecule has 0 aromatic carbocycles. The molecule has 0 radical (unpaired) electrons. The minimum Gasteiger partial charge on any atom is -0.382 e. The normalized spacial score (nSPS) is 21.8. The minimum atomic E-state index is 0.506. The van der Waals surface area contributed by atoms with Crippen molar-refractivity contribution in [1.29, 1.82) is 0 Å². The molecule has 1 heterocycles. The summed E-state index contributed by atoms with van der Waals surface area (Å²) in [4.78, 5) is 0. The number of nitrogens with zero attached hydrogens (tertiary/aromatic N) is 2. The van der Waals surface area contributed by atoms with E-state index in [9.17, 15) is 0 Å². The van der Waals surface area contributed by atoms with E-state index in [4.69, 9.17) is 9.84 Å². The lowest BCUT2D eigenvalue weighted by atomic mass is 10.1. The zero-order valence-electron chi connectivity index (χ0n) is 11.0. The Kier molecular flexibility index (Phi) is 6.46. The van der Waals surface area contributed by atoms with Crippen molar-refractivity contribution >= 4 is 5.71 Å². The molecule has 16 heavy (non-hydrogen) atoms. The number of methoxy groups -OCH3 is 1. The van der Waals surface area contributed by atoms with Gasteiger partial charge in [-0.3, -0.25) is 5.01 Å². The molecule has 94 valence electrons. The fraction of sp³-hybridized carbons (Fsp3) is 0.923. The second kappa shape index (κ2) is 7.66. The molecule has 0 unspecified atom stereocenters. The topological polar surface area (TPSA) is 24.8 Å². The number of rotatable bonds is 7. The van der Waals surface area contributed by atoms with Gasteiger partial charge in [0, 0.05) is 19.4 Å². The van der Waals surface area contributed by atoms with Gasteiger partial charge >= 0.3 is 0 Å².